The Labute approximate surface area is 104 Å². The van der Waals surface area contributed by atoms with E-state index < -0.39 is 0 Å². The zero-order chi connectivity index (χ0) is 12.2. The second-order valence-corrected chi connectivity index (χ2v) is 4.08. The van der Waals surface area contributed by atoms with E-state index in [0.29, 0.717) is 0 Å². The average Bonchev–Trinajstić information content (AvgIpc) is 3.05. The highest BCUT2D eigenvalue weighted by Crippen LogP contribution is 2.07. The first-order chi connectivity index (χ1) is 8.90. The Kier molecular flexibility index (Phi) is 2.83. The summed E-state index contributed by atoms with van der Waals surface area (Å²) in [6.07, 6.45) is 6.85. The molecule has 6 heteroatoms. The molecule has 0 aliphatic carbocycles. The van der Waals surface area contributed by atoms with Crippen molar-refractivity contribution in [2.45, 2.75) is 13.1 Å². The van der Waals surface area contributed by atoms with E-state index in [2.05, 4.69) is 44.7 Å². The van der Waals surface area contributed by atoms with Crippen LogP contribution in [0, 0.1) is 0 Å². The highest BCUT2D eigenvalue weighted by atomic mass is 15.2. The normalized spacial score (nSPS) is 10.7. The van der Waals surface area contributed by atoms with Crippen molar-refractivity contribution in [1.82, 2.24) is 29.5 Å². The molecule has 2 aromatic heterocycles. The van der Waals surface area contributed by atoms with Gasteiger partial charge in [-0.1, -0.05) is 24.3 Å². The van der Waals surface area contributed by atoms with Crippen LogP contribution in [0.3, 0.4) is 0 Å². The zero-order valence-corrected chi connectivity index (χ0v) is 9.72. The van der Waals surface area contributed by atoms with Gasteiger partial charge in [0.15, 0.2) is 0 Å². The van der Waals surface area contributed by atoms with Crippen LogP contribution in [-0.2, 0) is 13.1 Å². The summed E-state index contributed by atoms with van der Waals surface area (Å²) in [6, 6.07) is 8.44. The van der Waals surface area contributed by atoms with Gasteiger partial charge in [-0.25, -0.2) is 0 Å². The fourth-order valence-corrected chi connectivity index (χ4v) is 1.78. The lowest BCUT2D eigenvalue weighted by Crippen LogP contribution is -1.99. The lowest BCUT2D eigenvalue weighted by atomic mass is 10.1. The Morgan fingerprint density at radius 2 is 0.944 bits per heavy atom. The molecule has 0 amide bonds. The number of aromatic nitrogens is 6. The highest BCUT2D eigenvalue weighted by Gasteiger charge is 1.98. The van der Waals surface area contributed by atoms with Crippen molar-refractivity contribution < 1.29 is 0 Å². The van der Waals surface area contributed by atoms with Gasteiger partial charge in [-0.05, 0) is 11.1 Å². The minimum Gasteiger partial charge on any atom is -0.316 e. The number of nitrogens with zero attached hydrogens (tertiary/aromatic N) is 6. The lowest BCUT2D eigenvalue weighted by Gasteiger charge is -2.05. The maximum atomic E-state index is 3.78. The van der Waals surface area contributed by atoms with Crippen LogP contribution in [0.1, 0.15) is 11.1 Å². The molecule has 3 aromatic rings. The van der Waals surface area contributed by atoms with Crippen LogP contribution in [0.4, 0.5) is 0 Å². The van der Waals surface area contributed by atoms with Crippen molar-refractivity contribution >= 4 is 0 Å². The van der Waals surface area contributed by atoms with Crippen LogP contribution in [0.25, 0.3) is 0 Å². The maximum absolute atomic E-state index is 3.78. The molecule has 0 atom stereocenters. The molecular weight excluding hydrogens is 228 g/mol. The summed E-state index contributed by atoms with van der Waals surface area (Å²) in [4.78, 5) is 0. The van der Waals surface area contributed by atoms with E-state index in [9.17, 15) is 0 Å². The van der Waals surface area contributed by atoms with Gasteiger partial charge >= 0.3 is 0 Å². The SMILES string of the molecule is c1cc(Cn2cnnc2)ccc1Cn1cnnc1. The highest BCUT2D eigenvalue weighted by molar-refractivity contribution is 5.22. The van der Waals surface area contributed by atoms with Gasteiger partial charge in [0, 0.05) is 13.1 Å². The first kappa shape index (κ1) is 10.6. The van der Waals surface area contributed by atoms with Crippen LogP contribution >= 0.6 is 0 Å². The van der Waals surface area contributed by atoms with E-state index in [1.807, 2.05) is 9.13 Å². The quantitative estimate of drug-likeness (QED) is 0.681. The van der Waals surface area contributed by atoms with Crippen molar-refractivity contribution in [3.8, 4) is 0 Å². The maximum Gasteiger partial charge on any atom is 0.119 e. The Balaban J connectivity index is 1.69. The van der Waals surface area contributed by atoms with E-state index in [4.69, 9.17) is 0 Å². The third-order valence-electron chi connectivity index (χ3n) is 2.69. The Morgan fingerprint density at radius 3 is 1.28 bits per heavy atom. The van der Waals surface area contributed by atoms with Gasteiger partial charge < -0.3 is 9.13 Å². The molecule has 3 rings (SSSR count). The van der Waals surface area contributed by atoms with E-state index in [1.165, 1.54) is 11.1 Å². The summed E-state index contributed by atoms with van der Waals surface area (Å²) in [5.74, 6) is 0. The van der Waals surface area contributed by atoms with Crippen molar-refractivity contribution in [2.24, 2.45) is 0 Å². The standard InChI is InChI=1S/C12H12N6/c1-2-12(6-18-9-15-16-10-18)4-3-11(1)5-17-7-13-14-8-17/h1-4,7-10H,5-6H2. The summed E-state index contributed by atoms with van der Waals surface area (Å²) < 4.78 is 3.88. The first-order valence-electron chi connectivity index (χ1n) is 5.63. The predicted molar refractivity (Wildman–Crippen MR) is 64.7 cm³/mol. The molecule has 0 bridgehead atoms. The molecule has 0 spiro atoms. The minimum absolute atomic E-state index is 0.792. The Hall–Kier alpha value is -2.50. The van der Waals surface area contributed by atoms with Gasteiger partial charge in [0.25, 0.3) is 0 Å². The van der Waals surface area contributed by atoms with E-state index >= 15 is 0 Å². The van der Waals surface area contributed by atoms with Crippen molar-refractivity contribution in [1.29, 1.82) is 0 Å². The van der Waals surface area contributed by atoms with Crippen molar-refractivity contribution in [2.75, 3.05) is 0 Å². The number of rotatable bonds is 4. The Bertz CT molecular complexity index is 527. The third-order valence-corrected chi connectivity index (χ3v) is 2.69. The lowest BCUT2D eigenvalue weighted by molar-refractivity contribution is 0.782. The second kappa shape index (κ2) is 4.79. The minimum atomic E-state index is 0.792. The topological polar surface area (TPSA) is 61.4 Å². The summed E-state index contributed by atoms with van der Waals surface area (Å²) in [7, 11) is 0. The Morgan fingerprint density at radius 1 is 0.611 bits per heavy atom. The van der Waals surface area contributed by atoms with Crippen LogP contribution < -0.4 is 0 Å². The molecular formula is C12H12N6. The van der Waals surface area contributed by atoms with Crippen molar-refractivity contribution in [3.63, 3.8) is 0 Å². The fourth-order valence-electron chi connectivity index (χ4n) is 1.78. The van der Waals surface area contributed by atoms with Crippen molar-refractivity contribution in [3.05, 3.63) is 60.7 Å². The molecule has 1 aromatic carbocycles. The predicted octanol–water partition coefficient (Wildman–Crippen LogP) is 0.966. The molecule has 0 radical (unpaired) electrons. The van der Waals surface area contributed by atoms with E-state index in [-0.39, 0.29) is 0 Å². The van der Waals surface area contributed by atoms with Crippen LogP contribution in [0.15, 0.2) is 49.6 Å². The van der Waals surface area contributed by atoms with Gasteiger partial charge in [0.2, 0.25) is 0 Å². The summed E-state index contributed by atoms with van der Waals surface area (Å²) in [6.45, 7) is 1.58. The largest absolute Gasteiger partial charge is 0.316 e. The third kappa shape index (κ3) is 2.42. The molecule has 0 saturated heterocycles. The summed E-state index contributed by atoms with van der Waals surface area (Å²) in [5, 5.41) is 15.1. The molecule has 0 aliphatic rings. The van der Waals surface area contributed by atoms with Crippen LogP contribution in [-0.4, -0.2) is 29.5 Å². The van der Waals surface area contributed by atoms with Gasteiger partial charge in [-0.15, -0.1) is 20.4 Å². The van der Waals surface area contributed by atoms with Gasteiger partial charge in [0.05, 0.1) is 0 Å². The molecule has 0 saturated carbocycles. The van der Waals surface area contributed by atoms with E-state index in [1.54, 1.807) is 25.3 Å². The van der Waals surface area contributed by atoms with Crippen LogP contribution in [0.2, 0.25) is 0 Å². The molecule has 2 heterocycles. The number of hydrogen-bond acceptors (Lipinski definition) is 4. The van der Waals surface area contributed by atoms with Gasteiger partial charge in [-0.3, -0.25) is 0 Å². The van der Waals surface area contributed by atoms with Gasteiger partial charge in [0.1, 0.15) is 25.3 Å². The monoisotopic (exact) mass is 240 g/mol. The van der Waals surface area contributed by atoms with E-state index in [0.717, 1.165) is 13.1 Å². The number of benzene rings is 1. The average molecular weight is 240 g/mol. The number of hydrogen-bond donors (Lipinski definition) is 0. The smallest absolute Gasteiger partial charge is 0.119 e. The molecule has 18 heavy (non-hydrogen) atoms. The molecule has 0 N–H and O–H groups in total. The zero-order valence-electron chi connectivity index (χ0n) is 9.72. The summed E-state index contributed by atoms with van der Waals surface area (Å²) >= 11 is 0. The second-order valence-electron chi connectivity index (χ2n) is 4.08. The molecule has 90 valence electrons. The molecule has 0 fully saturated rings. The first-order valence-corrected chi connectivity index (χ1v) is 5.63. The summed E-state index contributed by atoms with van der Waals surface area (Å²) in [5.41, 5.74) is 2.45. The van der Waals surface area contributed by atoms with Gasteiger partial charge in [-0.2, -0.15) is 0 Å². The molecule has 0 unspecified atom stereocenters. The van der Waals surface area contributed by atoms with Crippen LogP contribution in [0.5, 0.6) is 0 Å². The molecule has 0 aliphatic heterocycles. The fraction of sp³-hybridized carbons (Fsp3) is 0.167. The molecule has 6 nitrogen and oxygen atoms in total.